The number of ether oxygens (including phenoxy) is 2. The van der Waals surface area contributed by atoms with Gasteiger partial charge < -0.3 is 9.47 Å². The van der Waals surface area contributed by atoms with Crippen molar-refractivity contribution >= 4 is 11.9 Å². The van der Waals surface area contributed by atoms with Crippen LogP contribution in [0.3, 0.4) is 0 Å². The van der Waals surface area contributed by atoms with E-state index < -0.39 is 0 Å². The van der Waals surface area contributed by atoms with Crippen LogP contribution in [-0.4, -0.2) is 25.7 Å². The molecule has 0 aliphatic rings. The summed E-state index contributed by atoms with van der Waals surface area (Å²) in [7, 11) is 1.38. The third-order valence-corrected chi connectivity index (χ3v) is 3.50. The average molecular weight is 300 g/mol. The number of hydrogen-bond acceptors (Lipinski definition) is 4. The van der Waals surface area contributed by atoms with Gasteiger partial charge in [0.1, 0.15) is 0 Å². The fourth-order valence-electron chi connectivity index (χ4n) is 2.13. The minimum absolute atomic E-state index is 0.150. The van der Waals surface area contributed by atoms with Crippen molar-refractivity contribution < 1.29 is 19.1 Å². The SMILES string of the molecule is CCCCCCCCCCOC(=O)CCCCC(=O)OC. The first-order chi connectivity index (χ1) is 10.2. The van der Waals surface area contributed by atoms with Gasteiger partial charge in [0.15, 0.2) is 0 Å². The first kappa shape index (κ1) is 19.9. The lowest BCUT2D eigenvalue weighted by Gasteiger charge is -2.05. The van der Waals surface area contributed by atoms with Crippen LogP contribution >= 0.6 is 0 Å². The summed E-state index contributed by atoms with van der Waals surface area (Å²) in [5.41, 5.74) is 0. The van der Waals surface area contributed by atoms with E-state index in [1.165, 1.54) is 45.6 Å². The second kappa shape index (κ2) is 15.3. The predicted octanol–water partition coefficient (Wildman–Crippen LogP) is 4.40. The minimum Gasteiger partial charge on any atom is -0.469 e. The topological polar surface area (TPSA) is 52.6 Å². The normalized spacial score (nSPS) is 10.4. The summed E-state index contributed by atoms with van der Waals surface area (Å²) in [5, 5.41) is 0. The maximum atomic E-state index is 11.4. The quantitative estimate of drug-likeness (QED) is 0.352. The molecule has 0 aliphatic heterocycles. The van der Waals surface area contributed by atoms with E-state index in [2.05, 4.69) is 11.7 Å². The number of esters is 2. The van der Waals surface area contributed by atoms with Crippen molar-refractivity contribution in [2.24, 2.45) is 0 Å². The van der Waals surface area contributed by atoms with E-state index in [-0.39, 0.29) is 11.9 Å². The molecule has 0 atom stereocenters. The summed E-state index contributed by atoms with van der Waals surface area (Å²) in [6, 6.07) is 0. The summed E-state index contributed by atoms with van der Waals surface area (Å²) in [6.45, 7) is 2.76. The molecule has 0 fully saturated rings. The van der Waals surface area contributed by atoms with Crippen LogP contribution in [0.25, 0.3) is 0 Å². The van der Waals surface area contributed by atoms with Crippen LogP contribution in [0.15, 0.2) is 0 Å². The number of carbonyl (C=O) groups is 2. The Bertz CT molecular complexity index is 264. The number of methoxy groups -OCH3 is 1. The molecule has 0 bridgehead atoms. The smallest absolute Gasteiger partial charge is 0.305 e. The zero-order chi connectivity index (χ0) is 15.8. The first-order valence-electron chi connectivity index (χ1n) is 8.43. The van der Waals surface area contributed by atoms with Gasteiger partial charge in [-0.15, -0.1) is 0 Å². The molecule has 0 radical (unpaired) electrons. The molecule has 0 saturated heterocycles. The van der Waals surface area contributed by atoms with E-state index in [1.807, 2.05) is 0 Å². The van der Waals surface area contributed by atoms with E-state index in [4.69, 9.17) is 4.74 Å². The summed E-state index contributed by atoms with van der Waals surface area (Å²) < 4.78 is 9.70. The van der Waals surface area contributed by atoms with Gasteiger partial charge in [-0.3, -0.25) is 9.59 Å². The lowest BCUT2D eigenvalue weighted by Crippen LogP contribution is -2.06. The summed E-state index contributed by atoms with van der Waals surface area (Å²) >= 11 is 0. The van der Waals surface area contributed by atoms with Crippen LogP contribution in [-0.2, 0) is 19.1 Å². The fourth-order valence-corrected chi connectivity index (χ4v) is 2.13. The van der Waals surface area contributed by atoms with Crippen molar-refractivity contribution in [1.29, 1.82) is 0 Å². The van der Waals surface area contributed by atoms with Crippen molar-refractivity contribution in [3.05, 3.63) is 0 Å². The molecule has 0 amide bonds. The Morgan fingerprint density at radius 1 is 0.714 bits per heavy atom. The van der Waals surface area contributed by atoms with E-state index in [9.17, 15) is 9.59 Å². The average Bonchev–Trinajstić information content (AvgIpc) is 2.49. The largest absolute Gasteiger partial charge is 0.469 e. The summed E-state index contributed by atoms with van der Waals surface area (Å²) in [5.74, 6) is -0.370. The lowest BCUT2D eigenvalue weighted by molar-refractivity contribution is -0.145. The zero-order valence-electron chi connectivity index (χ0n) is 13.8. The molecule has 4 heteroatoms. The highest BCUT2D eigenvalue weighted by Gasteiger charge is 2.04. The molecular weight excluding hydrogens is 268 g/mol. The molecule has 0 aromatic carbocycles. The third kappa shape index (κ3) is 15.2. The molecule has 0 aliphatic carbocycles. The Morgan fingerprint density at radius 2 is 1.24 bits per heavy atom. The van der Waals surface area contributed by atoms with Crippen LogP contribution in [0.2, 0.25) is 0 Å². The standard InChI is InChI=1S/C17H32O4/c1-3-4-5-6-7-8-9-12-15-21-17(19)14-11-10-13-16(18)20-2/h3-15H2,1-2H3. The Kier molecular flexibility index (Phi) is 14.6. The van der Waals surface area contributed by atoms with E-state index in [0.717, 1.165) is 12.8 Å². The van der Waals surface area contributed by atoms with Gasteiger partial charge in [-0.1, -0.05) is 51.9 Å². The first-order valence-corrected chi connectivity index (χ1v) is 8.43. The van der Waals surface area contributed by atoms with Gasteiger partial charge in [0.2, 0.25) is 0 Å². The van der Waals surface area contributed by atoms with Gasteiger partial charge in [0.05, 0.1) is 13.7 Å². The third-order valence-electron chi connectivity index (χ3n) is 3.50. The number of rotatable bonds is 14. The summed E-state index contributed by atoms with van der Waals surface area (Å²) in [6.07, 6.45) is 12.1. The molecule has 0 aromatic heterocycles. The molecule has 0 spiro atoms. The molecule has 124 valence electrons. The number of carbonyl (C=O) groups excluding carboxylic acids is 2. The molecule has 0 rings (SSSR count). The van der Waals surface area contributed by atoms with Gasteiger partial charge in [0.25, 0.3) is 0 Å². The van der Waals surface area contributed by atoms with Gasteiger partial charge in [-0.2, -0.15) is 0 Å². The second-order valence-electron chi connectivity index (χ2n) is 5.48. The van der Waals surface area contributed by atoms with Crippen molar-refractivity contribution in [1.82, 2.24) is 0 Å². The highest BCUT2D eigenvalue weighted by atomic mass is 16.5. The minimum atomic E-state index is -0.220. The zero-order valence-corrected chi connectivity index (χ0v) is 13.8. The van der Waals surface area contributed by atoms with Gasteiger partial charge in [0, 0.05) is 12.8 Å². The molecular formula is C17H32O4. The number of hydrogen-bond donors (Lipinski definition) is 0. The van der Waals surface area contributed by atoms with Crippen molar-refractivity contribution in [2.45, 2.75) is 84.0 Å². The predicted molar refractivity (Wildman–Crippen MR) is 84.1 cm³/mol. The molecule has 0 heterocycles. The van der Waals surface area contributed by atoms with E-state index in [1.54, 1.807) is 0 Å². The Morgan fingerprint density at radius 3 is 1.81 bits per heavy atom. The summed E-state index contributed by atoms with van der Waals surface area (Å²) in [4.78, 5) is 22.3. The van der Waals surface area contributed by atoms with E-state index >= 15 is 0 Å². The molecule has 21 heavy (non-hydrogen) atoms. The van der Waals surface area contributed by atoms with Crippen LogP contribution < -0.4 is 0 Å². The maximum Gasteiger partial charge on any atom is 0.305 e. The molecule has 0 saturated carbocycles. The van der Waals surface area contributed by atoms with Gasteiger partial charge in [-0.25, -0.2) is 0 Å². The maximum absolute atomic E-state index is 11.4. The second-order valence-corrected chi connectivity index (χ2v) is 5.48. The van der Waals surface area contributed by atoms with Crippen LogP contribution in [0.1, 0.15) is 84.0 Å². The number of unbranched alkanes of at least 4 members (excludes halogenated alkanes) is 8. The van der Waals surface area contributed by atoms with Crippen LogP contribution in [0.5, 0.6) is 0 Å². The van der Waals surface area contributed by atoms with Gasteiger partial charge >= 0.3 is 11.9 Å². The van der Waals surface area contributed by atoms with Crippen molar-refractivity contribution in [2.75, 3.05) is 13.7 Å². The van der Waals surface area contributed by atoms with Crippen LogP contribution in [0, 0.1) is 0 Å². The Hall–Kier alpha value is -1.06. The van der Waals surface area contributed by atoms with Gasteiger partial charge in [-0.05, 0) is 19.3 Å². The Labute approximate surface area is 129 Å². The highest BCUT2D eigenvalue weighted by molar-refractivity contribution is 5.70. The fraction of sp³-hybridized carbons (Fsp3) is 0.882. The lowest BCUT2D eigenvalue weighted by atomic mass is 10.1. The highest BCUT2D eigenvalue weighted by Crippen LogP contribution is 2.09. The monoisotopic (exact) mass is 300 g/mol. The van der Waals surface area contributed by atoms with Crippen molar-refractivity contribution in [3.8, 4) is 0 Å². The van der Waals surface area contributed by atoms with E-state index in [0.29, 0.717) is 32.3 Å². The molecule has 4 nitrogen and oxygen atoms in total. The van der Waals surface area contributed by atoms with Crippen LogP contribution in [0.4, 0.5) is 0 Å². The van der Waals surface area contributed by atoms with Crippen molar-refractivity contribution in [3.63, 3.8) is 0 Å². The molecule has 0 N–H and O–H groups in total. The molecule has 0 aromatic rings. The molecule has 0 unspecified atom stereocenters. The Balaban J connectivity index is 3.21.